The predicted molar refractivity (Wildman–Crippen MR) is 45.2 cm³/mol. The summed E-state index contributed by atoms with van der Waals surface area (Å²) in [7, 11) is -1.84. The Morgan fingerprint density at radius 2 is 1.45 bits per heavy atom. The maximum absolute atomic E-state index is 5.61. The first kappa shape index (κ1) is 6.73. The van der Waals surface area contributed by atoms with Crippen LogP contribution >= 0.6 is 0 Å². The molecular formula is C8H10O2Si. The van der Waals surface area contributed by atoms with Crippen molar-refractivity contribution in [3.63, 3.8) is 0 Å². The van der Waals surface area contributed by atoms with Crippen molar-refractivity contribution in [1.82, 2.24) is 0 Å². The smallest absolute Gasteiger partial charge is 0.454 e. The molecule has 0 saturated heterocycles. The van der Waals surface area contributed by atoms with Crippen molar-refractivity contribution in [2.75, 3.05) is 0 Å². The van der Waals surface area contributed by atoms with Crippen molar-refractivity contribution in [1.29, 1.82) is 0 Å². The van der Waals surface area contributed by atoms with Crippen LogP contribution in [-0.2, 0) is 0 Å². The first-order valence-electron chi connectivity index (χ1n) is 3.64. The summed E-state index contributed by atoms with van der Waals surface area (Å²) in [5.41, 5.74) is 0. The molecule has 0 saturated carbocycles. The largest absolute Gasteiger partial charge is 0.509 e. The van der Waals surface area contributed by atoms with Gasteiger partial charge in [0.25, 0.3) is 0 Å². The van der Waals surface area contributed by atoms with Crippen molar-refractivity contribution < 1.29 is 8.85 Å². The Kier molecular flexibility index (Phi) is 1.23. The number of rotatable bonds is 0. The molecule has 1 aromatic rings. The van der Waals surface area contributed by atoms with E-state index in [0.29, 0.717) is 0 Å². The van der Waals surface area contributed by atoms with Crippen molar-refractivity contribution in [2.24, 2.45) is 0 Å². The van der Waals surface area contributed by atoms with Crippen molar-refractivity contribution >= 4 is 8.56 Å². The number of fused-ring (bicyclic) bond motifs is 1. The van der Waals surface area contributed by atoms with Gasteiger partial charge in [0.05, 0.1) is 0 Å². The maximum Gasteiger partial charge on any atom is 0.454 e. The number of para-hydroxylation sites is 2. The van der Waals surface area contributed by atoms with Gasteiger partial charge in [-0.2, -0.15) is 0 Å². The van der Waals surface area contributed by atoms with Gasteiger partial charge in [0.1, 0.15) is 11.5 Å². The zero-order valence-corrected chi connectivity index (χ0v) is 7.63. The van der Waals surface area contributed by atoms with Crippen LogP contribution in [0, 0.1) is 0 Å². The Labute approximate surface area is 67.0 Å². The summed E-state index contributed by atoms with van der Waals surface area (Å²) in [4.78, 5) is 0. The van der Waals surface area contributed by atoms with Crippen molar-refractivity contribution in [2.45, 2.75) is 13.1 Å². The maximum atomic E-state index is 5.61. The molecule has 1 aliphatic rings. The monoisotopic (exact) mass is 166 g/mol. The molecule has 3 heteroatoms. The van der Waals surface area contributed by atoms with Crippen molar-refractivity contribution in [3.8, 4) is 11.5 Å². The molecule has 0 spiro atoms. The fourth-order valence-electron chi connectivity index (χ4n) is 1.17. The number of hydrogen-bond acceptors (Lipinski definition) is 2. The molecule has 1 aromatic carbocycles. The lowest BCUT2D eigenvalue weighted by Gasteiger charge is -2.11. The molecular weight excluding hydrogens is 156 g/mol. The summed E-state index contributed by atoms with van der Waals surface area (Å²) in [5.74, 6) is 1.79. The first-order chi connectivity index (χ1) is 5.17. The minimum atomic E-state index is -1.84. The molecule has 0 N–H and O–H groups in total. The minimum Gasteiger partial charge on any atom is -0.509 e. The van der Waals surface area contributed by atoms with Gasteiger partial charge >= 0.3 is 8.56 Å². The standard InChI is InChI=1S/C8H10O2Si/c1-11(2)9-7-5-3-4-6-8(7)10-11/h3-6H,1-2H3. The van der Waals surface area contributed by atoms with E-state index in [-0.39, 0.29) is 0 Å². The highest BCUT2D eigenvalue weighted by Gasteiger charge is 2.36. The van der Waals surface area contributed by atoms with Crippen LogP contribution in [-0.4, -0.2) is 8.56 Å². The zero-order chi connectivity index (χ0) is 7.90. The fourth-order valence-corrected chi connectivity index (χ4v) is 2.61. The molecule has 11 heavy (non-hydrogen) atoms. The zero-order valence-electron chi connectivity index (χ0n) is 6.63. The molecule has 58 valence electrons. The molecule has 1 aliphatic heterocycles. The van der Waals surface area contributed by atoms with Crippen molar-refractivity contribution in [3.05, 3.63) is 24.3 Å². The minimum absolute atomic E-state index is 0.893. The molecule has 2 nitrogen and oxygen atoms in total. The summed E-state index contributed by atoms with van der Waals surface area (Å²) in [6.45, 7) is 4.07. The van der Waals surface area contributed by atoms with Crippen LogP contribution < -0.4 is 8.85 Å². The fraction of sp³-hybridized carbons (Fsp3) is 0.250. The lowest BCUT2D eigenvalue weighted by Crippen LogP contribution is -2.36. The second-order valence-corrected chi connectivity index (χ2v) is 6.26. The van der Waals surface area contributed by atoms with Crippen LogP contribution in [0.15, 0.2) is 24.3 Å². The lowest BCUT2D eigenvalue weighted by atomic mass is 10.3. The van der Waals surface area contributed by atoms with Gasteiger partial charge in [-0.3, -0.25) is 0 Å². The second kappa shape index (κ2) is 2.01. The molecule has 0 unspecified atom stereocenters. The second-order valence-electron chi connectivity index (χ2n) is 3.05. The van der Waals surface area contributed by atoms with E-state index in [1.807, 2.05) is 37.4 Å². The van der Waals surface area contributed by atoms with E-state index >= 15 is 0 Å². The Morgan fingerprint density at radius 1 is 1.00 bits per heavy atom. The van der Waals surface area contributed by atoms with Crippen LogP contribution in [0.2, 0.25) is 13.1 Å². The van der Waals surface area contributed by atoms with E-state index < -0.39 is 8.56 Å². The third-order valence-electron chi connectivity index (χ3n) is 1.56. The molecule has 1 heterocycles. The molecule has 0 radical (unpaired) electrons. The van der Waals surface area contributed by atoms with Gasteiger partial charge < -0.3 is 8.85 Å². The highest BCUT2D eigenvalue weighted by atomic mass is 28.4. The van der Waals surface area contributed by atoms with Crippen LogP contribution in [0.3, 0.4) is 0 Å². The van der Waals surface area contributed by atoms with Gasteiger partial charge in [-0.05, 0) is 12.1 Å². The topological polar surface area (TPSA) is 18.5 Å². The molecule has 0 atom stereocenters. The van der Waals surface area contributed by atoms with E-state index in [2.05, 4.69) is 0 Å². The SMILES string of the molecule is C[Si]1(C)Oc2ccccc2O1. The van der Waals surface area contributed by atoms with E-state index in [0.717, 1.165) is 11.5 Å². The quantitative estimate of drug-likeness (QED) is 0.550. The Balaban J connectivity index is 2.41. The Bertz CT molecular complexity index is 256. The molecule has 2 rings (SSSR count). The Morgan fingerprint density at radius 3 is 1.91 bits per heavy atom. The van der Waals surface area contributed by atoms with Crippen LogP contribution in [0.25, 0.3) is 0 Å². The van der Waals surface area contributed by atoms with E-state index in [1.165, 1.54) is 0 Å². The summed E-state index contributed by atoms with van der Waals surface area (Å²) in [6.07, 6.45) is 0. The van der Waals surface area contributed by atoms with Gasteiger partial charge in [-0.15, -0.1) is 0 Å². The van der Waals surface area contributed by atoms with Gasteiger partial charge in [-0.1, -0.05) is 12.1 Å². The van der Waals surface area contributed by atoms with Gasteiger partial charge in [0.2, 0.25) is 0 Å². The van der Waals surface area contributed by atoms with E-state index in [1.54, 1.807) is 0 Å². The van der Waals surface area contributed by atoms with Gasteiger partial charge in [0, 0.05) is 13.1 Å². The van der Waals surface area contributed by atoms with E-state index in [9.17, 15) is 0 Å². The normalized spacial score (nSPS) is 18.4. The molecule has 0 aliphatic carbocycles. The van der Waals surface area contributed by atoms with E-state index in [4.69, 9.17) is 8.85 Å². The Hall–Kier alpha value is -0.963. The molecule has 0 bridgehead atoms. The van der Waals surface area contributed by atoms with Crippen LogP contribution in [0.4, 0.5) is 0 Å². The summed E-state index contributed by atoms with van der Waals surface area (Å²) < 4.78 is 11.2. The average Bonchev–Trinajstić information content (AvgIpc) is 2.21. The summed E-state index contributed by atoms with van der Waals surface area (Å²) >= 11 is 0. The third kappa shape index (κ3) is 1.11. The highest BCUT2D eigenvalue weighted by Crippen LogP contribution is 2.36. The first-order valence-corrected chi connectivity index (χ1v) is 6.46. The third-order valence-corrected chi connectivity index (χ3v) is 2.98. The summed E-state index contributed by atoms with van der Waals surface area (Å²) in [6, 6.07) is 7.80. The molecule has 0 aromatic heterocycles. The predicted octanol–water partition coefficient (Wildman–Crippen LogP) is 2.16. The van der Waals surface area contributed by atoms with Crippen LogP contribution in [0.5, 0.6) is 11.5 Å². The molecule has 0 amide bonds. The number of benzene rings is 1. The summed E-state index contributed by atoms with van der Waals surface area (Å²) in [5, 5.41) is 0. The molecule has 0 fully saturated rings. The van der Waals surface area contributed by atoms with Gasteiger partial charge in [-0.25, -0.2) is 0 Å². The lowest BCUT2D eigenvalue weighted by molar-refractivity contribution is 0.474. The number of hydrogen-bond donors (Lipinski definition) is 0. The average molecular weight is 166 g/mol. The van der Waals surface area contributed by atoms with Crippen LogP contribution in [0.1, 0.15) is 0 Å². The van der Waals surface area contributed by atoms with Gasteiger partial charge in [0.15, 0.2) is 0 Å². The highest BCUT2D eigenvalue weighted by molar-refractivity contribution is 6.67.